The Kier molecular flexibility index (Phi) is 8.21. The van der Waals surface area contributed by atoms with Crippen molar-refractivity contribution in [3.8, 4) is 11.5 Å². The number of piperazine rings is 1. The number of nitrogens with one attached hydrogen (secondary N) is 1. The first-order valence-corrected chi connectivity index (χ1v) is 12.5. The van der Waals surface area contributed by atoms with E-state index < -0.39 is 0 Å². The first-order chi connectivity index (χ1) is 16.6. The second kappa shape index (κ2) is 11.7. The molecule has 1 aliphatic rings. The number of methoxy groups -OCH3 is 1. The van der Waals surface area contributed by atoms with Crippen LogP contribution in [0.25, 0.3) is 0 Å². The molecule has 0 bridgehead atoms. The van der Waals surface area contributed by atoms with Gasteiger partial charge in [-0.3, -0.25) is 9.59 Å². The molecule has 1 aromatic heterocycles. The number of rotatable bonds is 9. The zero-order valence-electron chi connectivity index (χ0n) is 18.7. The monoisotopic (exact) mass is 499 g/mol. The third-order valence-electron chi connectivity index (χ3n) is 5.10. The summed E-state index contributed by atoms with van der Waals surface area (Å²) in [6, 6.07) is 16.6. The molecule has 1 aliphatic heterocycles. The summed E-state index contributed by atoms with van der Waals surface area (Å²) in [6.07, 6.45) is 0. The molecule has 34 heavy (non-hydrogen) atoms. The predicted molar refractivity (Wildman–Crippen MR) is 133 cm³/mol. The van der Waals surface area contributed by atoms with Crippen molar-refractivity contribution in [2.75, 3.05) is 55.9 Å². The standard InChI is InChI=1S/C23H25N5O4S2/c1-31-18-9-5-6-10-19(18)32-15-21(30)27-11-13-28(14-12-27)22-25-26-23(34-22)33-16-20(29)24-17-7-3-2-4-8-17/h2-10H,11-16H2,1H3,(H,24,29). The lowest BCUT2D eigenvalue weighted by Gasteiger charge is -2.34. The van der Waals surface area contributed by atoms with Crippen LogP contribution in [0.1, 0.15) is 0 Å². The van der Waals surface area contributed by atoms with Crippen LogP contribution < -0.4 is 19.7 Å². The van der Waals surface area contributed by atoms with E-state index in [-0.39, 0.29) is 24.2 Å². The maximum atomic E-state index is 12.6. The highest BCUT2D eigenvalue weighted by molar-refractivity contribution is 8.01. The maximum Gasteiger partial charge on any atom is 0.260 e. The summed E-state index contributed by atoms with van der Waals surface area (Å²) >= 11 is 2.81. The highest BCUT2D eigenvalue weighted by Crippen LogP contribution is 2.29. The minimum absolute atomic E-state index is 0.0367. The number of thioether (sulfide) groups is 1. The third-order valence-corrected chi connectivity index (χ3v) is 7.22. The molecule has 1 N–H and O–H groups in total. The largest absolute Gasteiger partial charge is 0.493 e. The number of carbonyl (C=O) groups excluding carboxylic acids is 2. The fourth-order valence-electron chi connectivity index (χ4n) is 3.35. The summed E-state index contributed by atoms with van der Waals surface area (Å²) < 4.78 is 11.6. The molecular formula is C23H25N5O4S2. The maximum absolute atomic E-state index is 12.6. The second-order valence-corrected chi connectivity index (χ2v) is 9.54. The second-order valence-electron chi connectivity index (χ2n) is 7.36. The van der Waals surface area contributed by atoms with Gasteiger partial charge in [-0.15, -0.1) is 10.2 Å². The van der Waals surface area contributed by atoms with Crippen LogP contribution in [0, 0.1) is 0 Å². The van der Waals surface area contributed by atoms with E-state index in [0.29, 0.717) is 37.7 Å². The minimum Gasteiger partial charge on any atom is -0.493 e. The Morgan fingerprint density at radius 1 is 1.00 bits per heavy atom. The average Bonchev–Trinajstić information content (AvgIpc) is 3.36. The Hall–Kier alpha value is -3.31. The van der Waals surface area contributed by atoms with E-state index in [4.69, 9.17) is 9.47 Å². The van der Waals surface area contributed by atoms with E-state index in [9.17, 15) is 9.59 Å². The van der Waals surface area contributed by atoms with E-state index in [1.807, 2.05) is 42.5 Å². The SMILES string of the molecule is COc1ccccc1OCC(=O)N1CCN(c2nnc(SCC(=O)Nc3ccccc3)s2)CC1. The van der Waals surface area contributed by atoms with Gasteiger partial charge in [0.25, 0.3) is 5.91 Å². The molecule has 0 saturated carbocycles. The van der Waals surface area contributed by atoms with E-state index in [0.717, 1.165) is 15.2 Å². The number of amides is 2. The van der Waals surface area contributed by atoms with Gasteiger partial charge in [0.15, 0.2) is 22.4 Å². The first kappa shape index (κ1) is 23.8. The highest BCUT2D eigenvalue weighted by atomic mass is 32.2. The first-order valence-electron chi connectivity index (χ1n) is 10.7. The molecule has 1 fully saturated rings. The van der Waals surface area contributed by atoms with Crippen molar-refractivity contribution in [2.24, 2.45) is 0 Å². The molecule has 0 spiro atoms. The van der Waals surface area contributed by atoms with Crippen LogP contribution >= 0.6 is 23.1 Å². The van der Waals surface area contributed by atoms with E-state index in [2.05, 4.69) is 20.4 Å². The number of nitrogens with zero attached hydrogens (tertiary/aromatic N) is 4. The Balaban J connectivity index is 1.20. The Morgan fingerprint density at radius 3 is 2.44 bits per heavy atom. The number of hydrogen-bond donors (Lipinski definition) is 1. The summed E-state index contributed by atoms with van der Waals surface area (Å²) in [7, 11) is 1.57. The Labute approximate surface area is 206 Å². The van der Waals surface area contributed by atoms with Gasteiger partial charge in [0.1, 0.15) is 0 Å². The van der Waals surface area contributed by atoms with Crippen LogP contribution in [0.2, 0.25) is 0 Å². The van der Waals surface area contributed by atoms with Gasteiger partial charge in [-0.2, -0.15) is 0 Å². The lowest BCUT2D eigenvalue weighted by atomic mass is 10.3. The third kappa shape index (κ3) is 6.39. The molecule has 1 saturated heterocycles. The molecule has 178 valence electrons. The number of hydrogen-bond acceptors (Lipinski definition) is 9. The quantitative estimate of drug-likeness (QED) is 0.449. The van der Waals surface area contributed by atoms with Crippen molar-refractivity contribution in [3.05, 3.63) is 54.6 Å². The van der Waals surface area contributed by atoms with Crippen molar-refractivity contribution < 1.29 is 19.1 Å². The van der Waals surface area contributed by atoms with Gasteiger partial charge >= 0.3 is 0 Å². The van der Waals surface area contributed by atoms with E-state index >= 15 is 0 Å². The van der Waals surface area contributed by atoms with Crippen LogP contribution in [-0.4, -0.2) is 72.6 Å². The Morgan fingerprint density at radius 2 is 1.71 bits per heavy atom. The number of aromatic nitrogens is 2. The predicted octanol–water partition coefficient (Wildman–Crippen LogP) is 3.01. The van der Waals surface area contributed by atoms with Gasteiger partial charge in [0.05, 0.1) is 12.9 Å². The molecule has 0 atom stereocenters. The number of benzene rings is 2. The zero-order valence-corrected chi connectivity index (χ0v) is 20.3. The number of ether oxygens (including phenoxy) is 2. The number of anilines is 2. The van der Waals surface area contributed by atoms with Gasteiger partial charge in [-0.05, 0) is 24.3 Å². The van der Waals surface area contributed by atoms with Crippen molar-refractivity contribution in [2.45, 2.75) is 4.34 Å². The van der Waals surface area contributed by atoms with Gasteiger partial charge in [-0.1, -0.05) is 53.4 Å². The fourth-order valence-corrected chi connectivity index (χ4v) is 5.04. The number of para-hydroxylation sites is 3. The number of carbonyl (C=O) groups is 2. The molecule has 11 heteroatoms. The molecular weight excluding hydrogens is 474 g/mol. The van der Waals surface area contributed by atoms with Crippen molar-refractivity contribution in [1.82, 2.24) is 15.1 Å². The molecule has 0 unspecified atom stereocenters. The van der Waals surface area contributed by atoms with Gasteiger partial charge < -0.3 is 24.6 Å². The van der Waals surface area contributed by atoms with Crippen LogP contribution in [0.5, 0.6) is 11.5 Å². The van der Waals surface area contributed by atoms with Crippen LogP contribution in [0.3, 0.4) is 0 Å². The molecule has 4 rings (SSSR count). The molecule has 3 aromatic rings. The van der Waals surface area contributed by atoms with E-state index in [1.54, 1.807) is 24.1 Å². The molecule has 0 radical (unpaired) electrons. The van der Waals surface area contributed by atoms with Crippen molar-refractivity contribution >= 4 is 45.7 Å². The molecule has 2 aromatic carbocycles. The summed E-state index contributed by atoms with van der Waals surface area (Å²) in [5.74, 6) is 1.26. The molecule has 2 amide bonds. The Bertz CT molecular complexity index is 1100. The molecule has 9 nitrogen and oxygen atoms in total. The fraction of sp³-hybridized carbons (Fsp3) is 0.304. The minimum atomic E-state index is -0.0876. The van der Waals surface area contributed by atoms with Crippen LogP contribution in [-0.2, 0) is 9.59 Å². The lowest BCUT2D eigenvalue weighted by molar-refractivity contribution is -0.133. The molecule has 2 heterocycles. The van der Waals surface area contributed by atoms with Crippen molar-refractivity contribution in [3.63, 3.8) is 0 Å². The van der Waals surface area contributed by atoms with E-state index in [1.165, 1.54) is 23.1 Å². The van der Waals surface area contributed by atoms with Crippen LogP contribution in [0.15, 0.2) is 58.9 Å². The van der Waals surface area contributed by atoms with Gasteiger partial charge in [0.2, 0.25) is 11.0 Å². The normalized spacial score (nSPS) is 13.4. The highest BCUT2D eigenvalue weighted by Gasteiger charge is 2.24. The summed E-state index contributed by atoms with van der Waals surface area (Å²) in [5.41, 5.74) is 0.770. The average molecular weight is 500 g/mol. The molecule has 0 aliphatic carbocycles. The summed E-state index contributed by atoms with van der Waals surface area (Å²) in [4.78, 5) is 28.6. The van der Waals surface area contributed by atoms with Gasteiger partial charge in [-0.25, -0.2) is 0 Å². The summed E-state index contributed by atoms with van der Waals surface area (Å²) in [5, 5.41) is 12.1. The van der Waals surface area contributed by atoms with Gasteiger partial charge in [0, 0.05) is 31.9 Å². The summed E-state index contributed by atoms with van der Waals surface area (Å²) in [6.45, 7) is 2.44. The smallest absolute Gasteiger partial charge is 0.260 e. The zero-order chi connectivity index (χ0) is 23.8. The van der Waals surface area contributed by atoms with Crippen molar-refractivity contribution in [1.29, 1.82) is 0 Å². The van der Waals surface area contributed by atoms with Crippen LogP contribution in [0.4, 0.5) is 10.8 Å². The topological polar surface area (TPSA) is 96.9 Å². The lowest BCUT2D eigenvalue weighted by Crippen LogP contribution is -2.50.